The lowest BCUT2D eigenvalue weighted by Crippen LogP contribution is -2.27. The summed E-state index contributed by atoms with van der Waals surface area (Å²) in [6, 6.07) is 0. The van der Waals surface area contributed by atoms with Gasteiger partial charge >= 0.3 is 0 Å². The summed E-state index contributed by atoms with van der Waals surface area (Å²) in [4.78, 5) is 2.54. The summed E-state index contributed by atoms with van der Waals surface area (Å²) in [5.41, 5.74) is 7.40. The molecule has 17 heavy (non-hydrogen) atoms. The van der Waals surface area contributed by atoms with Crippen molar-refractivity contribution in [1.29, 1.82) is 0 Å². The van der Waals surface area contributed by atoms with Crippen LogP contribution in [0.3, 0.4) is 0 Å². The van der Waals surface area contributed by atoms with Crippen molar-refractivity contribution < 1.29 is 0 Å². The van der Waals surface area contributed by atoms with Gasteiger partial charge in [-0.3, -0.25) is 0 Å². The molecule has 0 atom stereocenters. The Morgan fingerprint density at radius 2 is 1.71 bits per heavy atom. The highest BCUT2D eigenvalue weighted by atomic mass is 32.1. The summed E-state index contributed by atoms with van der Waals surface area (Å²) in [5.74, 6) is 1.52. The number of nitrogen functional groups attached to an aromatic ring is 1. The Morgan fingerprint density at radius 1 is 1.06 bits per heavy atom. The van der Waals surface area contributed by atoms with E-state index in [0.717, 1.165) is 5.82 Å². The summed E-state index contributed by atoms with van der Waals surface area (Å²) in [7, 11) is 0. The second kappa shape index (κ2) is 4.84. The quantitative estimate of drug-likeness (QED) is 0.876. The van der Waals surface area contributed by atoms with Crippen LogP contribution in [-0.4, -0.2) is 17.5 Å². The third-order valence-electron chi connectivity index (χ3n) is 3.87. The van der Waals surface area contributed by atoms with Gasteiger partial charge < -0.3 is 10.6 Å². The van der Waals surface area contributed by atoms with Crippen molar-refractivity contribution in [1.82, 2.24) is 4.37 Å². The molecule has 94 valence electrons. The van der Waals surface area contributed by atoms with Crippen molar-refractivity contribution in [3.63, 3.8) is 0 Å². The minimum absolute atomic E-state index is 0.717. The van der Waals surface area contributed by atoms with E-state index in [-0.39, 0.29) is 0 Å². The lowest BCUT2D eigenvalue weighted by Gasteiger charge is -2.26. The van der Waals surface area contributed by atoms with Gasteiger partial charge in [0.05, 0.1) is 0 Å². The Kier molecular flexibility index (Phi) is 3.23. The smallest absolute Gasteiger partial charge is 0.142 e. The van der Waals surface area contributed by atoms with Crippen LogP contribution in [-0.2, 0) is 0 Å². The molecule has 0 aromatic carbocycles. The van der Waals surface area contributed by atoms with Gasteiger partial charge in [-0.1, -0.05) is 19.3 Å². The van der Waals surface area contributed by atoms with Crippen molar-refractivity contribution in [3.8, 4) is 0 Å². The van der Waals surface area contributed by atoms with Crippen molar-refractivity contribution in [2.75, 3.05) is 23.7 Å². The number of aromatic nitrogens is 1. The van der Waals surface area contributed by atoms with Crippen molar-refractivity contribution in [2.45, 2.75) is 50.9 Å². The first kappa shape index (κ1) is 11.3. The molecule has 1 aliphatic carbocycles. The lowest BCUT2D eigenvalue weighted by molar-refractivity contribution is 0.557. The van der Waals surface area contributed by atoms with Gasteiger partial charge in [0, 0.05) is 18.7 Å². The molecule has 2 heterocycles. The summed E-state index contributed by atoms with van der Waals surface area (Å²) in [5, 5.41) is 1.38. The van der Waals surface area contributed by atoms with Crippen molar-refractivity contribution >= 4 is 22.4 Å². The molecule has 0 unspecified atom stereocenters. The number of anilines is 2. The van der Waals surface area contributed by atoms with E-state index in [4.69, 9.17) is 5.73 Å². The van der Waals surface area contributed by atoms with Crippen molar-refractivity contribution in [2.24, 2.45) is 0 Å². The molecular weight excluding hydrogens is 230 g/mol. The molecule has 1 aromatic rings. The topological polar surface area (TPSA) is 42.1 Å². The Hall–Kier alpha value is -0.770. The van der Waals surface area contributed by atoms with E-state index >= 15 is 0 Å². The first-order valence-corrected chi connectivity index (χ1v) is 7.63. The van der Waals surface area contributed by atoms with Crippen molar-refractivity contribution in [3.05, 3.63) is 5.56 Å². The standard InChI is InChI=1S/C13H21N3S/c14-12-11(10-6-7-10)13(17-15-12)16-8-4-2-1-3-5-9-16/h10H,1-9H2,(H2,14,15). The summed E-state index contributed by atoms with van der Waals surface area (Å²) in [6.07, 6.45) is 9.43. The molecule has 0 amide bonds. The first-order valence-electron chi connectivity index (χ1n) is 6.86. The lowest BCUT2D eigenvalue weighted by atomic mass is 10.1. The van der Waals surface area contributed by atoms with Gasteiger partial charge in [-0.15, -0.1) is 0 Å². The van der Waals surface area contributed by atoms with E-state index in [2.05, 4.69) is 9.27 Å². The summed E-state index contributed by atoms with van der Waals surface area (Å²) < 4.78 is 4.38. The average molecular weight is 251 g/mol. The van der Waals surface area contributed by atoms with Crippen LogP contribution in [0, 0.1) is 0 Å². The van der Waals surface area contributed by atoms with Gasteiger partial charge in [0.1, 0.15) is 10.8 Å². The Bertz CT molecular complexity index is 376. The van der Waals surface area contributed by atoms with Crippen LogP contribution in [0.4, 0.5) is 10.8 Å². The fourth-order valence-electron chi connectivity index (χ4n) is 2.73. The Balaban J connectivity index is 1.81. The summed E-state index contributed by atoms with van der Waals surface area (Å²) >= 11 is 1.62. The van der Waals surface area contributed by atoms with Gasteiger partial charge in [-0.25, -0.2) is 0 Å². The van der Waals surface area contributed by atoms with Gasteiger partial charge in [0.2, 0.25) is 0 Å². The van der Waals surface area contributed by atoms with Gasteiger partial charge in [0.15, 0.2) is 0 Å². The van der Waals surface area contributed by atoms with Gasteiger partial charge in [0.25, 0.3) is 0 Å². The highest BCUT2D eigenvalue weighted by Gasteiger charge is 2.32. The van der Waals surface area contributed by atoms with Crippen LogP contribution in [0.25, 0.3) is 0 Å². The van der Waals surface area contributed by atoms with Crippen LogP contribution in [0.2, 0.25) is 0 Å². The molecule has 3 nitrogen and oxygen atoms in total. The maximum Gasteiger partial charge on any atom is 0.142 e. The summed E-state index contributed by atoms with van der Waals surface area (Å²) in [6.45, 7) is 2.39. The number of rotatable bonds is 2. The molecule has 0 spiro atoms. The monoisotopic (exact) mass is 251 g/mol. The molecule has 4 heteroatoms. The fourth-order valence-corrected chi connectivity index (χ4v) is 3.69. The molecule has 3 rings (SSSR count). The van der Waals surface area contributed by atoms with Gasteiger partial charge in [-0.2, -0.15) is 4.37 Å². The van der Waals surface area contributed by atoms with Crippen LogP contribution >= 0.6 is 11.5 Å². The van der Waals surface area contributed by atoms with E-state index in [0.29, 0.717) is 5.92 Å². The van der Waals surface area contributed by atoms with Crippen LogP contribution in [0.15, 0.2) is 0 Å². The molecule has 2 N–H and O–H groups in total. The Morgan fingerprint density at radius 3 is 2.35 bits per heavy atom. The first-order chi connectivity index (χ1) is 8.36. The molecule has 1 saturated carbocycles. The highest BCUT2D eigenvalue weighted by molar-refractivity contribution is 7.10. The second-order valence-corrected chi connectivity index (χ2v) is 6.07. The molecule has 2 aliphatic rings. The zero-order valence-corrected chi connectivity index (χ0v) is 11.1. The number of hydrogen-bond donors (Lipinski definition) is 1. The SMILES string of the molecule is Nc1nsc(N2CCCCCCC2)c1C1CC1. The van der Waals surface area contributed by atoms with E-state index < -0.39 is 0 Å². The number of hydrogen-bond acceptors (Lipinski definition) is 4. The second-order valence-electron chi connectivity index (χ2n) is 5.32. The maximum atomic E-state index is 6.03. The van der Waals surface area contributed by atoms with Crippen LogP contribution < -0.4 is 10.6 Å². The largest absolute Gasteiger partial charge is 0.383 e. The van der Waals surface area contributed by atoms with E-state index in [1.807, 2.05) is 0 Å². The molecule has 0 bridgehead atoms. The molecule has 0 radical (unpaired) electrons. The zero-order chi connectivity index (χ0) is 11.7. The minimum Gasteiger partial charge on any atom is -0.383 e. The third kappa shape index (κ3) is 2.41. The molecular formula is C13H21N3S. The molecule has 2 fully saturated rings. The van der Waals surface area contributed by atoms with E-state index in [9.17, 15) is 0 Å². The van der Waals surface area contributed by atoms with Crippen LogP contribution in [0.5, 0.6) is 0 Å². The highest BCUT2D eigenvalue weighted by Crippen LogP contribution is 2.49. The zero-order valence-electron chi connectivity index (χ0n) is 10.3. The predicted octanol–water partition coefficient (Wildman–Crippen LogP) is 3.37. The molecule has 1 aliphatic heterocycles. The minimum atomic E-state index is 0.717. The molecule has 1 saturated heterocycles. The number of nitrogens with two attached hydrogens (primary N) is 1. The van der Waals surface area contributed by atoms with Crippen LogP contribution in [0.1, 0.15) is 56.4 Å². The third-order valence-corrected chi connectivity index (χ3v) is 4.80. The fraction of sp³-hybridized carbons (Fsp3) is 0.769. The Labute approximate surface area is 107 Å². The normalized spacial score (nSPS) is 22.2. The van der Waals surface area contributed by atoms with E-state index in [1.54, 1.807) is 11.5 Å². The maximum absolute atomic E-state index is 6.03. The van der Waals surface area contributed by atoms with Gasteiger partial charge in [-0.05, 0) is 43.1 Å². The predicted molar refractivity (Wildman–Crippen MR) is 73.8 cm³/mol. The average Bonchev–Trinajstić information content (AvgIpc) is 3.03. The molecule has 1 aromatic heterocycles. The number of nitrogens with zero attached hydrogens (tertiary/aromatic N) is 2. The van der Waals surface area contributed by atoms with E-state index in [1.165, 1.54) is 68.6 Å².